The van der Waals surface area contributed by atoms with Crippen LogP contribution in [0.3, 0.4) is 0 Å². The number of allylic oxidation sites excluding steroid dienone is 4. The highest BCUT2D eigenvalue weighted by molar-refractivity contribution is 5.87. The van der Waals surface area contributed by atoms with Gasteiger partial charge in [0.15, 0.2) is 5.82 Å². The van der Waals surface area contributed by atoms with E-state index in [1.165, 1.54) is 6.08 Å². The van der Waals surface area contributed by atoms with Crippen molar-refractivity contribution in [3.8, 4) is 16.9 Å². The van der Waals surface area contributed by atoms with E-state index in [9.17, 15) is 13.2 Å². The summed E-state index contributed by atoms with van der Waals surface area (Å²) in [4.78, 5) is 4.31. The normalized spacial score (nSPS) is 13.6. The number of para-hydroxylation sites is 1. The van der Waals surface area contributed by atoms with Crippen molar-refractivity contribution >= 4 is 12.0 Å². The van der Waals surface area contributed by atoms with Crippen LogP contribution in [-0.4, -0.2) is 22.2 Å². The Kier molecular flexibility index (Phi) is 5.11. The molecule has 0 unspecified atom stereocenters. The Balaban J connectivity index is 1.78. The maximum Gasteiger partial charge on any atom is 0.417 e. The van der Waals surface area contributed by atoms with Crippen LogP contribution in [0.1, 0.15) is 5.56 Å². The van der Waals surface area contributed by atoms with E-state index in [2.05, 4.69) is 21.6 Å². The standard InChI is InChI=1S/C24H16F3N3/c1-17-11-13-18(14-12-17)22-15-23(30(29-22)20-8-3-2-4-9-20)28-16-19-7-5-6-10-21(19)24(25,26)27/h2-4,6,8-16H,1H3. The first-order valence-corrected chi connectivity index (χ1v) is 9.18. The lowest BCUT2D eigenvalue weighted by Crippen LogP contribution is -2.14. The second-order valence-corrected chi connectivity index (χ2v) is 6.69. The van der Waals surface area contributed by atoms with Crippen LogP contribution in [0.5, 0.6) is 0 Å². The molecule has 0 aliphatic heterocycles. The molecule has 1 aliphatic carbocycles. The number of aliphatic imine (C=N–C) groups is 1. The van der Waals surface area contributed by atoms with Crippen molar-refractivity contribution in [2.75, 3.05) is 0 Å². The van der Waals surface area contributed by atoms with Gasteiger partial charge in [-0.25, -0.2) is 9.67 Å². The van der Waals surface area contributed by atoms with E-state index in [0.29, 0.717) is 11.5 Å². The average molecular weight is 403 g/mol. The third-order valence-corrected chi connectivity index (χ3v) is 4.50. The van der Waals surface area contributed by atoms with E-state index in [1.807, 2.05) is 61.5 Å². The molecule has 6 heteroatoms. The van der Waals surface area contributed by atoms with Gasteiger partial charge in [-0.2, -0.15) is 18.3 Å². The van der Waals surface area contributed by atoms with Crippen molar-refractivity contribution in [2.45, 2.75) is 13.1 Å². The van der Waals surface area contributed by atoms with Gasteiger partial charge in [-0.3, -0.25) is 0 Å². The molecule has 0 atom stereocenters. The van der Waals surface area contributed by atoms with Crippen molar-refractivity contribution < 1.29 is 13.2 Å². The minimum Gasteiger partial charge on any atom is -0.236 e. The van der Waals surface area contributed by atoms with Gasteiger partial charge in [0.25, 0.3) is 0 Å². The third kappa shape index (κ3) is 4.11. The fourth-order valence-corrected chi connectivity index (χ4v) is 2.97. The molecule has 0 fully saturated rings. The molecule has 0 N–H and O–H groups in total. The van der Waals surface area contributed by atoms with Gasteiger partial charge in [-0.05, 0) is 31.2 Å². The molecule has 0 radical (unpaired) electrons. The first-order valence-electron chi connectivity index (χ1n) is 9.18. The minimum atomic E-state index is -4.50. The van der Waals surface area contributed by atoms with Crippen LogP contribution >= 0.6 is 0 Å². The zero-order valence-electron chi connectivity index (χ0n) is 16.0. The van der Waals surface area contributed by atoms with Gasteiger partial charge in [-0.15, -0.1) is 0 Å². The number of hydrogen-bond donors (Lipinski definition) is 0. The second-order valence-electron chi connectivity index (χ2n) is 6.69. The zero-order valence-corrected chi connectivity index (χ0v) is 16.0. The Labute approximate surface area is 171 Å². The number of alkyl halides is 3. The van der Waals surface area contributed by atoms with Crippen molar-refractivity contribution in [1.29, 1.82) is 0 Å². The van der Waals surface area contributed by atoms with Gasteiger partial charge in [-0.1, -0.05) is 59.5 Å². The number of halogens is 3. The summed E-state index contributed by atoms with van der Waals surface area (Å²) >= 11 is 0. The Morgan fingerprint density at radius 1 is 1.03 bits per heavy atom. The number of hydrogen-bond acceptors (Lipinski definition) is 2. The molecule has 0 amide bonds. The summed E-state index contributed by atoms with van der Waals surface area (Å²) in [5.74, 6) is 0.405. The molecule has 3 aromatic rings. The first-order chi connectivity index (χ1) is 14.4. The Bertz CT molecular complexity index is 1230. The van der Waals surface area contributed by atoms with Crippen LogP contribution in [0, 0.1) is 6.92 Å². The van der Waals surface area contributed by atoms with E-state index < -0.39 is 11.7 Å². The number of rotatable bonds is 4. The fraction of sp³-hybridized carbons (Fsp3) is 0.0833. The van der Waals surface area contributed by atoms with Crippen molar-refractivity contribution in [2.24, 2.45) is 4.99 Å². The number of aryl methyl sites for hydroxylation is 1. The van der Waals surface area contributed by atoms with Crippen LogP contribution in [-0.2, 0) is 0 Å². The molecule has 148 valence electrons. The molecule has 0 spiro atoms. The molecular formula is C24H16F3N3. The highest BCUT2D eigenvalue weighted by atomic mass is 19.4. The van der Waals surface area contributed by atoms with Crippen molar-refractivity contribution in [3.05, 3.63) is 101 Å². The van der Waals surface area contributed by atoms with Gasteiger partial charge in [0.1, 0.15) is 0 Å². The largest absolute Gasteiger partial charge is 0.417 e. The van der Waals surface area contributed by atoms with E-state index in [1.54, 1.807) is 10.7 Å². The Hall–Kier alpha value is -3.85. The van der Waals surface area contributed by atoms with E-state index in [4.69, 9.17) is 0 Å². The lowest BCUT2D eigenvalue weighted by Gasteiger charge is -2.11. The van der Waals surface area contributed by atoms with E-state index in [0.717, 1.165) is 29.1 Å². The molecule has 0 saturated carbocycles. The molecule has 30 heavy (non-hydrogen) atoms. The second kappa shape index (κ2) is 7.88. The summed E-state index contributed by atoms with van der Waals surface area (Å²) in [6.45, 7) is 1.99. The minimum absolute atomic E-state index is 0.178. The molecule has 1 aromatic heterocycles. The molecule has 0 saturated heterocycles. The zero-order chi connectivity index (χ0) is 21.1. The van der Waals surface area contributed by atoms with Gasteiger partial charge >= 0.3 is 6.18 Å². The lowest BCUT2D eigenvalue weighted by molar-refractivity contribution is -0.0887. The highest BCUT2D eigenvalue weighted by Crippen LogP contribution is 2.32. The first kappa shape index (κ1) is 19.5. The summed E-state index contributed by atoms with van der Waals surface area (Å²) in [6.07, 6.45) is -1.21. The topological polar surface area (TPSA) is 30.2 Å². The molecule has 0 bridgehead atoms. The number of nitrogens with zero attached hydrogens (tertiary/aromatic N) is 3. The summed E-state index contributed by atoms with van der Waals surface area (Å²) < 4.78 is 41.4. The smallest absolute Gasteiger partial charge is 0.236 e. The lowest BCUT2D eigenvalue weighted by atomic mass is 10.1. The van der Waals surface area contributed by atoms with Gasteiger partial charge in [0, 0.05) is 17.8 Å². The van der Waals surface area contributed by atoms with Gasteiger partial charge in [0.05, 0.1) is 22.5 Å². The van der Waals surface area contributed by atoms with Crippen LogP contribution in [0.15, 0.2) is 100 Å². The molecule has 1 heterocycles. The molecule has 3 nitrogen and oxygen atoms in total. The summed E-state index contributed by atoms with van der Waals surface area (Å²) in [6, 6.07) is 18.9. The maximum absolute atomic E-state index is 13.3. The average Bonchev–Trinajstić information content (AvgIpc) is 3.17. The molecule has 4 rings (SSSR count). The SMILES string of the molecule is Cc1ccc(-c2cc(N=CC3=C=C=CC=C3C(F)(F)F)n(-c3ccccc3)n2)cc1. The predicted octanol–water partition coefficient (Wildman–Crippen LogP) is 6.29. The van der Waals surface area contributed by atoms with Crippen LogP contribution in [0.25, 0.3) is 16.9 Å². The van der Waals surface area contributed by atoms with Crippen LogP contribution in [0.2, 0.25) is 0 Å². The fourth-order valence-electron chi connectivity index (χ4n) is 2.97. The molecule has 1 aliphatic rings. The summed E-state index contributed by atoms with van der Waals surface area (Å²) in [5.41, 5.74) is 7.49. The quantitative estimate of drug-likeness (QED) is 0.372. The predicted molar refractivity (Wildman–Crippen MR) is 111 cm³/mol. The van der Waals surface area contributed by atoms with Crippen LogP contribution < -0.4 is 0 Å². The summed E-state index contributed by atoms with van der Waals surface area (Å²) in [5, 5.41) is 4.63. The molecule has 2 aromatic carbocycles. The monoisotopic (exact) mass is 403 g/mol. The third-order valence-electron chi connectivity index (χ3n) is 4.50. The van der Waals surface area contributed by atoms with Crippen molar-refractivity contribution in [3.63, 3.8) is 0 Å². The number of benzene rings is 2. The van der Waals surface area contributed by atoms with Crippen LogP contribution in [0.4, 0.5) is 19.0 Å². The highest BCUT2D eigenvalue weighted by Gasteiger charge is 2.35. The Morgan fingerprint density at radius 2 is 1.77 bits per heavy atom. The van der Waals surface area contributed by atoms with Crippen molar-refractivity contribution in [1.82, 2.24) is 9.78 Å². The van der Waals surface area contributed by atoms with Gasteiger partial charge in [0.2, 0.25) is 0 Å². The molecular weight excluding hydrogens is 387 g/mol. The summed E-state index contributed by atoms with van der Waals surface area (Å²) in [7, 11) is 0. The van der Waals surface area contributed by atoms with E-state index in [-0.39, 0.29) is 5.57 Å². The Morgan fingerprint density at radius 3 is 2.47 bits per heavy atom. The maximum atomic E-state index is 13.3. The van der Waals surface area contributed by atoms with Gasteiger partial charge < -0.3 is 0 Å². The van der Waals surface area contributed by atoms with E-state index >= 15 is 0 Å². The number of aromatic nitrogens is 2.